The highest BCUT2D eigenvalue weighted by Gasteiger charge is 2.35. The number of nitrogens with zero attached hydrogens (tertiary/aromatic N) is 2. The standard InChI is InChI=1S/C22H23N3O4S/c1-5-13-8-6-7-9-16(13)25-20(24-21(26)15(12-23)22(25)30)14-10-17(27-2)19(29-4)18(11-14)28-3/h6-11,20,30H,5H2,1-4H3,(H,24,26)/t20-/m1/s1. The summed E-state index contributed by atoms with van der Waals surface area (Å²) in [5.41, 5.74) is 2.53. The Kier molecular flexibility index (Phi) is 6.43. The Balaban J connectivity index is 2.26. The first-order valence-corrected chi connectivity index (χ1v) is 9.76. The second-order valence-corrected chi connectivity index (χ2v) is 6.92. The number of anilines is 1. The minimum Gasteiger partial charge on any atom is -0.493 e. The molecule has 0 aromatic heterocycles. The van der Waals surface area contributed by atoms with E-state index in [2.05, 4.69) is 17.9 Å². The molecule has 0 radical (unpaired) electrons. The third kappa shape index (κ3) is 3.64. The molecule has 0 bridgehead atoms. The van der Waals surface area contributed by atoms with E-state index in [-0.39, 0.29) is 10.6 Å². The molecule has 1 atom stereocenters. The van der Waals surface area contributed by atoms with Crippen LogP contribution in [0.2, 0.25) is 0 Å². The molecule has 0 spiro atoms. The molecule has 1 aliphatic rings. The number of benzene rings is 2. The van der Waals surface area contributed by atoms with E-state index in [0.717, 1.165) is 17.7 Å². The normalized spacial score (nSPS) is 16.1. The summed E-state index contributed by atoms with van der Waals surface area (Å²) < 4.78 is 16.4. The van der Waals surface area contributed by atoms with Crippen molar-refractivity contribution in [3.8, 4) is 23.3 Å². The number of methoxy groups -OCH3 is 3. The minimum absolute atomic E-state index is 0.0482. The average molecular weight is 426 g/mol. The van der Waals surface area contributed by atoms with Crippen LogP contribution in [-0.4, -0.2) is 27.2 Å². The van der Waals surface area contributed by atoms with Crippen molar-refractivity contribution >= 4 is 24.2 Å². The number of para-hydroxylation sites is 1. The van der Waals surface area contributed by atoms with Crippen LogP contribution in [0.3, 0.4) is 0 Å². The molecule has 3 rings (SSSR count). The van der Waals surface area contributed by atoms with Gasteiger partial charge in [0.1, 0.15) is 17.8 Å². The first-order chi connectivity index (χ1) is 14.5. The van der Waals surface area contributed by atoms with Crippen molar-refractivity contribution in [1.82, 2.24) is 5.32 Å². The Morgan fingerprint density at radius 1 is 1.13 bits per heavy atom. The van der Waals surface area contributed by atoms with Crippen molar-refractivity contribution in [2.45, 2.75) is 19.5 Å². The van der Waals surface area contributed by atoms with Crippen LogP contribution < -0.4 is 24.4 Å². The number of nitriles is 1. The molecule has 2 aromatic rings. The highest BCUT2D eigenvalue weighted by atomic mass is 32.1. The maximum Gasteiger partial charge on any atom is 0.266 e. The van der Waals surface area contributed by atoms with Gasteiger partial charge in [-0.1, -0.05) is 25.1 Å². The van der Waals surface area contributed by atoms with Gasteiger partial charge in [0.05, 0.1) is 26.4 Å². The molecule has 0 aliphatic carbocycles. The highest BCUT2D eigenvalue weighted by Crippen LogP contribution is 2.43. The zero-order chi connectivity index (χ0) is 21.8. The number of hydrogen-bond acceptors (Lipinski definition) is 7. The van der Waals surface area contributed by atoms with Gasteiger partial charge in [-0.3, -0.25) is 4.79 Å². The van der Waals surface area contributed by atoms with E-state index in [9.17, 15) is 10.1 Å². The van der Waals surface area contributed by atoms with Crippen molar-refractivity contribution in [3.63, 3.8) is 0 Å². The SMILES string of the molecule is CCc1ccccc1N1C(S)=C(C#N)C(=O)N[C@H]1c1cc(OC)c(OC)c(OC)c1. The Morgan fingerprint density at radius 3 is 2.30 bits per heavy atom. The smallest absolute Gasteiger partial charge is 0.266 e. The molecule has 156 valence electrons. The Hall–Kier alpha value is -3.31. The van der Waals surface area contributed by atoms with E-state index >= 15 is 0 Å². The van der Waals surface area contributed by atoms with Crippen molar-refractivity contribution < 1.29 is 19.0 Å². The van der Waals surface area contributed by atoms with Gasteiger partial charge < -0.3 is 24.4 Å². The maximum absolute atomic E-state index is 12.6. The molecule has 0 saturated carbocycles. The monoisotopic (exact) mass is 425 g/mol. The Morgan fingerprint density at radius 2 is 1.77 bits per heavy atom. The number of amides is 1. The molecule has 30 heavy (non-hydrogen) atoms. The van der Waals surface area contributed by atoms with E-state index in [1.165, 1.54) is 21.3 Å². The summed E-state index contributed by atoms with van der Waals surface area (Å²) in [6, 6.07) is 13.3. The van der Waals surface area contributed by atoms with Crippen LogP contribution in [0.1, 0.15) is 24.2 Å². The van der Waals surface area contributed by atoms with Crippen LogP contribution in [0.25, 0.3) is 0 Å². The summed E-state index contributed by atoms with van der Waals surface area (Å²) >= 11 is 4.57. The average Bonchev–Trinajstić information content (AvgIpc) is 2.77. The fraction of sp³-hybridized carbons (Fsp3) is 0.273. The van der Waals surface area contributed by atoms with Gasteiger partial charge in [0.25, 0.3) is 5.91 Å². The van der Waals surface area contributed by atoms with E-state index in [4.69, 9.17) is 14.2 Å². The molecular weight excluding hydrogens is 402 g/mol. The van der Waals surface area contributed by atoms with Crippen LogP contribution in [0.5, 0.6) is 17.2 Å². The summed E-state index contributed by atoms with van der Waals surface area (Å²) in [6.07, 6.45) is 0.134. The predicted octanol–water partition coefficient (Wildman–Crippen LogP) is 3.57. The van der Waals surface area contributed by atoms with E-state index in [1.807, 2.05) is 42.2 Å². The first-order valence-electron chi connectivity index (χ1n) is 9.31. The van der Waals surface area contributed by atoms with E-state index in [0.29, 0.717) is 22.8 Å². The number of thiol groups is 1. The molecule has 1 N–H and O–H groups in total. The Labute approximate surface area is 181 Å². The van der Waals surface area contributed by atoms with Crippen LogP contribution in [-0.2, 0) is 11.2 Å². The van der Waals surface area contributed by atoms with Gasteiger partial charge in [0.15, 0.2) is 11.5 Å². The van der Waals surface area contributed by atoms with Crippen molar-refractivity contribution in [1.29, 1.82) is 5.26 Å². The fourth-order valence-corrected chi connectivity index (χ4v) is 3.87. The van der Waals surface area contributed by atoms with E-state index in [1.54, 1.807) is 12.1 Å². The number of carbonyl (C=O) groups is 1. The molecule has 0 fully saturated rings. The third-order valence-electron chi connectivity index (χ3n) is 4.95. The zero-order valence-electron chi connectivity index (χ0n) is 17.2. The largest absolute Gasteiger partial charge is 0.493 e. The van der Waals surface area contributed by atoms with Gasteiger partial charge in [0, 0.05) is 11.3 Å². The molecule has 8 heteroatoms. The lowest BCUT2D eigenvalue weighted by Gasteiger charge is -2.39. The zero-order valence-corrected chi connectivity index (χ0v) is 18.1. The maximum atomic E-state index is 12.6. The van der Waals surface area contributed by atoms with Crippen LogP contribution in [0.4, 0.5) is 5.69 Å². The summed E-state index contributed by atoms with van der Waals surface area (Å²) in [7, 11) is 4.59. The highest BCUT2D eigenvalue weighted by molar-refractivity contribution is 7.84. The predicted molar refractivity (Wildman–Crippen MR) is 117 cm³/mol. The second kappa shape index (κ2) is 9.01. The minimum atomic E-state index is -0.636. The third-order valence-corrected chi connectivity index (χ3v) is 5.39. The van der Waals surface area contributed by atoms with Gasteiger partial charge in [-0.25, -0.2) is 0 Å². The van der Waals surface area contributed by atoms with Gasteiger partial charge in [-0.05, 0) is 30.2 Å². The van der Waals surface area contributed by atoms with Gasteiger partial charge in [-0.15, -0.1) is 12.6 Å². The molecule has 7 nitrogen and oxygen atoms in total. The lowest BCUT2D eigenvalue weighted by atomic mass is 10.0. The van der Waals surface area contributed by atoms with Crippen LogP contribution in [0.15, 0.2) is 47.0 Å². The number of nitrogens with one attached hydrogen (secondary N) is 1. The van der Waals surface area contributed by atoms with E-state index < -0.39 is 12.1 Å². The van der Waals surface area contributed by atoms with Crippen molar-refractivity contribution in [2.24, 2.45) is 0 Å². The number of ether oxygens (including phenoxy) is 3. The Bertz CT molecular complexity index is 1020. The molecule has 0 unspecified atom stereocenters. The molecule has 2 aromatic carbocycles. The quantitative estimate of drug-likeness (QED) is 0.689. The lowest BCUT2D eigenvalue weighted by molar-refractivity contribution is -0.118. The second-order valence-electron chi connectivity index (χ2n) is 6.50. The number of rotatable bonds is 6. The molecular formula is C22H23N3O4S. The number of carbonyl (C=O) groups excluding carboxylic acids is 1. The van der Waals surface area contributed by atoms with Crippen molar-refractivity contribution in [2.75, 3.05) is 26.2 Å². The molecule has 1 amide bonds. The van der Waals surface area contributed by atoms with Gasteiger partial charge >= 0.3 is 0 Å². The summed E-state index contributed by atoms with van der Waals surface area (Å²) in [6.45, 7) is 2.04. The summed E-state index contributed by atoms with van der Waals surface area (Å²) in [5.74, 6) is 0.874. The first kappa shape index (κ1) is 21.4. The van der Waals surface area contributed by atoms with Crippen molar-refractivity contribution in [3.05, 3.63) is 58.1 Å². The van der Waals surface area contributed by atoms with Gasteiger partial charge in [-0.2, -0.15) is 5.26 Å². The molecule has 1 heterocycles. The number of hydrogen-bond donors (Lipinski definition) is 2. The summed E-state index contributed by atoms with van der Waals surface area (Å²) in [5, 5.41) is 12.7. The van der Waals surface area contributed by atoms with Crippen LogP contribution >= 0.6 is 12.6 Å². The van der Waals surface area contributed by atoms with Crippen LogP contribution in [0, 0.1) is 11.3 Å². The summed E-state index contributed by atoms with van der Waals surface area (Å²) in [4.78, 5) is 14.5. The topological polar surface area (TPSA) is 83.8 Å². The number of aryl methyl sites for hydroxylation is 1. The lowest BCUT2D eigenvalue weighted by Crippen LogP contribution is -2.46. The van der Waals surface area contributed by atoms with Gasteiger partial charge in [0.2, 0.25) is 5.75 Å². The molecule has 1 aliphatic heterocycles. The fourth-order valence-electron chi connectivity index (χ4n) is 3.50. The molecule has 0 saturated heterocycles.